The maximum atomic E-state index is 11.4. The van der Waals surface area contributed by atoms with Crippen molar-refractivity contribution in [2.24, 2.45) is 0 Å². The summed E-state index contributed by atoms with van der Waals surface area (Å²) in [5.74, 6) is -0.352. The van der Waals surface area contributed by atoms with E-state index in [4.69, 9.17) is 13.3 Å². The number of carbonyl (C=O) groups excluding carboxylic acids is 1. The summed E-state index contributed by atoms with van der Waals surface area (Å²) in [5.41, 5.74) is 2.29. The van der Waals surface area contributed by atoms with Gasteiger partial charge in [-0.1, -0.05) is 12.7 Å². The molecule has 0 aromatic heterocycles. The van der Waals surface area contributed by atoms with Crippen molar-refractivity contribution in [3.05, 3.63) is 23.9 Å². The van der Waals surface area contributed by atoms with Crippen LogP contribution in [0.25, 0.3) is 0 Å². The van der Waals surface area contributed by atoms with Gasteiger partial charge in [0.25, 0.3) is 0 Å². The number of esters is 1. The number of hydrogen-bond acceptors (Lipinski definition) is 5. The third-order valence-corrected chi connectivity index (χ3v) is 10.6. The van der Waals surface area contributed by atoms with E-state index >= 15 is 0 Å². The third-order valence-electron chi connectivity index (χ3n) is 3.57. The lowest BCUT2D eigenvalue weighted by molar-refractivity contribution is -0.138. The number of allylic oxidation sites excluding steroid dienone is 1. The van der Waals surface area contributed by atoms with Crippen LogP contribution in [0.4, 0.5) is 0 Å². The van der Waals surface area contributed by atoms with Gasteiger partial charge < -0.3 is 18.1 Å². The zero-order chi connectivity index (χ0) is 20.2. The first-order valence-electron chi connectivity index (χ1n) is 9.31. The number of carbonyl (C=O) groups is 1. The maximum Gasteiger partial charge on any atom is 0.348 e. The second kappa shape index (κ2) is 12.8. The fraction of sp³-hybridized carbons (Fsp3) is 0.722. The summed E-state index contributed by atoms with van der Waals surface area (Å²) in [5, 5.41) is 0. The second-order valence-electron chi connectivity index (χ2n) is 7.59. The van der Waals surface area contributed by atoms with Crippen LogP contribution in [-0.4, -0.2) is 49.9 Å². The van der Waals surface area contributed by atoms with Crippen LogP contribution in [0.1, 0.15) is 32.6 Å². The highest BCUT2D eigenvalue weighted by molar-refractivity contribution is 6.84. The molecule has 0 fully saturated rings. The van der Waals surface area contributed by atoms with Gasteiger partial charge in [0, 0.05) is 12.2 Å². The van der Waals surface area contributed by atoms with Crippen molar-refractivity contribution in [2.45, 2.75) is 71.4 Å². The highest BCUT2D eigenvalue weighted by Crippen LogP contribution is 2.20. The molecule has 0 amide bonds. The third kappa shape index (κ3) is 14.6. The summed E-state index contributed by atoms with van der Waals surface area (Å²) in [6, 6.07) is 0.836. The molecule has 1 N–H and O–H groups in total. The Labute approximate surface area is 163 Å². The second-order valence-corrected chi connectivity index (χ2v) is 17.0. The fourth-order valence-corrected chi connectivity index (χ4v) is 9.68. The molecule has 0 aliphatic carbocycles. The van der Waals surface area contributed by atoms with E-state index in [1.54, 1.807) is 6.92 Å². The number of hydrogen-bond donors (Lipinski definition) is 1. The molecule has 0 aliphatic rings. The predicted molar refractivity (Wildman–Crippen MR) is 114 cm³/mol. The standard InChI is InChI=1S/C18H37O5Si3/c1-17(2)18(19)21-13-12-15-25(5,6)23-26(7,20)16-11-9-8-10-14-22-24(3)4/h11,16,20H,1,8-10,12-15H2,2-7H3/b16-11+. The molecule has 0 aromatic carbocycles. The van der Waals surface area contributed by atoms with E-state index in [0.717, 1.165) is 38.3 Å². The first-order chi connectivity index (χ1) is 12.0. The van der Waals surface area contributed by atoms with Crippen molar-refractivity contribution in [2.75, 3.05) is 13.2 Å². The Bertz CT molecular complexity index is 462. The summed E-state index contributed by atoms with van der Waals surface area (Å²) < 4.78 is 16.8. The van der Waals surface area contributed by atoms with E-state index in [0.29, 0.717) is 12.2 Å². The zero-order valence-corrected chi connectivity index (χ0v) is 20.4. The molecule has 0 saturated carbocycles. The SMILES string of the molecule is C=C(C)C(=O)OCCC[Si](C)(C)O[Si](C)(O)/C=C/CCCCO[Si](C)C. The van der Waals surface area contributed by atoms with Crippen LogP contribution in [-0.2, 0) is 18.1 Å². The lowest BCUT2D eigenvalue weighted by Gasteiger charge is -2.30. The van der Waals surface area contributed by atoms with Gasteiger partial charge in [-0.15, -0.1) is 0 Å². The van der Waals surface area contributed by atoms with E-state index in [2.05, 4.69) is 32.8 Å². The lowest BCUT2D eigenvalue weighted by Crippen LogP contribution is -2.45. The Balaban J connectivity index is 4.09. The molecule has 8 heteroatoms. The minimum atomic E-state index is -2.79. The van der Waals surface area contributed by atoms with Crippen molar-refractivity contribution in [1.82, 2.24) is 0 Å². The maximum absolute atomic E-state index is 11.4. The molecule has 0 aliphatic heterocycles. The zero-order valence-electron chi connectivity index (χ0n) is 17.4. The minimum absolute atomic E-state index is 0.352. The Kier molecular flexibility index (Phi) is 12.5. The molecule has 1 unspecified atom stereocenters. The van der Waals surface area contributed by atoms with Crippen LogP contribution >= 0.6 is 0 Å². The number of unbranched alkanes of at least 4 members (excludes halogenated alkanes) is 2. The Morgan fingerprint density at radius 3 is 2.38 bits per heavy atom. The quantitative estimate of drug-likeness (QED) is 0.197. The van der Waals surface area contributed by atoms with Gasteiger partial charge in [-0.3, -0.25) is 0 Å². The largest absolute Gasteiger partial charge is 0.462 e. The van der Waals surface area contributed by atoms with Crippen LogP contribution in [0.15, 0.2) is 23.9 Å². The van der Waals surface area contributed by atoms with Gasteiger partial charge >= 0.3 is 14.5 Å². The van der Waals surface area contributed by atoms with Crippen molar-refractivity contribution >= 4 is 31.9 Å². The highest BCUT2D eigenvalue weighted by Gasteiger charge is 2.33. The van der Waals surface area contributed by atoms with E-state index in [1.165, 1.54) is 0 Å². The molecule has 0 bridgehead atoms. The van der Waals surface area contributed by atoms with Crippen molar-refractivity contribution in [1.29, 1.82) is 0 Å². The molecule has 26 heavy (non-hydrogen) atoms. The molecule has 0 saturated heterocycles. The summed E-state index contributed by atoms with van der Waals surface area (Å²) >= 11 is 0. The van der Waals surface area contributed by atoms with Crippen LogP contribution < -0.4 is 0 Å². The molecule has 1 radical (unpaired) electrons. The molecular weight excluding hydrogens is 380 g/mol. The molecule has 0 spiro atoms. The van der Waals surface area contributed by atoms with Gasteiger partial charge in [-0.05, 0) is 77.1 Å². The van der Waals surface area contributed by atoms with Crippen molar-refractivity contribution < 1.29 is 22.9 Å². The minimum Gasteiger partial charge on any atom is -0.462 e. The Hall–Kier alpha value is -0.519. The molecule has 1 atom stereocenters. The normalized spacial score (nSPS) is 14.6. The summed E-state index contributed by atoms with van der Waals surface area (Å²) in [6.45, 7) is 16.7. The van der Waals surface area contributed by atoms with Gasteiger partial charge in [0.2, 0.25) is 9.04 Å². The summed E-state index contributed by atoms with van der Waals surface area (Å²) in [4.78, 5) is 21.9. The van der Waals surface area contributed by atoms with Crippen LogP contribution in [0.2, 0.25) is 38.8 Å². The van der Waals surface area contributed by atoms with Gasteiger partial charge in [0.1, 0.15) is 0 Å². The molecular formula is C18H37O5Si3. The molecule has 0 heterocycles. The van der Waals surface area contributed by atoms with Gasteiger partial charge in [0.15, 0.2) is 8.32 Å². The van der Waals surface area contributed by atoms with Crippen molar-refractivity contribution in [3.63, 3.8) is 0 Å². The van der Waals surface area contributed by atoms with Gasteiger partial charge in [0.05, 0.1) is 6.61 Å². The predicted octanol–water partition coefficient (Wildman–Crippen LogP) is 4.32. The lowest BCUT2D eigenvalue weighted by atomic mass is 10.2. The van der Waals surface area contributed by atoms with Crippen molar-refractivity contribution in [3.8, 4) is 0 Å². The van der Waals surface area contributed by atoms with Crippen LogP contribution in [0.3, 0.4) is 0 Å². The topological polar surface area (TPSA) is 65.0 Å². The fourth-order valence-electron chi connectivity index (χ4n) is 2.37. The number of rotatable bonds is 14. The smallest absolute Gasteiger partial charge is 0.348 e. The van der Waals surface area contributed by atoms with Crippen LogP contribution in [0.5, 0.6) is 0 Å². The summed E-state index contributed by atoms with van der Waals surface area (Å²) in [7, 11) is -5.38. The summed E-state index contributed by atoms with van der Waals surface area (Å²) in [6.07, 6.45) is 5.82. The van der Waals surface area contributed by atoms with E-state index in [1.807, 2.05) is 18.3 Å². The number of ether oxygens (including phenoxy) is 1. The van der Waals surface area contributed by atoms with E-state index < -0.39 is 25.9 Å². The molecule has 0 rings (SSSR count). The first kappa shape index (κ1) is 25.5. The van der Waals surface area contributed by atoms with E-state index in [-0.39, 0.29) is 5.97 Å². The first-order valence-corrected chi connectivity index (χ1v) is 17.3. The van der Waals surface area contributed by atoms with E-state index in [9.17, 15) is 9.59 Å². The molecule has 151 valence electrons. The van der Waals surface area contributed by atoms with Gasteiger partial charge in [-0.2, -0.15) is 0 Å². The molecule has 0 aromatic rings. The van der Waals surface area contributed by atoms with Crippen LogP contribution in [0, 0.1) is 0 Å². The monoisotopic (exact) mass is 417 g/mol. The van der Waals surface area contributed by atoms with Gasteiger partial charge in [-0.25, -0.2) is 4.79 Å². The Morgan fingerprint density at radius 2 is 1.81 bits per heavy atom. The highest BCUT2D eigenvalue weighted by atomic mass is 28.4. The average Bonchev–Trinajstić information content (AvgIpc) is 2.48. The molecule has 5 nitrogen and oxygen atoms in total. The average molecular weight is 418 g/mol. The Morgan fingerprint density at radius 1 is 1.15 bits per heavy atom.